The molecule has 0 fully saturated rings. The van der Waals surface area contributed by atoms with E-state index in [4.69, 9.17) is 4.74 Å². The molecule has 0 saturated heterocycles. The van der Waals surface area contributed by atoms with Crippen LogP contribution in [0, 0.1) is 0 Å². The standard InChI is InChI=1S/4C6H5.C4H8O.2Sb/c4*1-2-4-6-5-3-1;1-3-5-4-2;;/h4*1-5H;1-4H2;;. The number of hydrogen-bond acceptors (Lipinski definition) is 1. The van der Waals surface area contributed by atoms with Crippen molar-refractivity contribution >= 4 is 54.5 Å². The van der Waals surface area contributed by atoms with E-state index < -0.39 is 40.4 Å². The van der Waals surface area contributed by atoms with Crippen LogP contribution >= 0.6 is 0 Å². The molecule has 0 aliphatic rings. The number of benzene rings is 4. The fraction of sp³-hybridized carbons (Fsp3) is 0.143. The third-order valence-electron chi connectivity index (χ3n) is 5.19. The summed E-state index contributed by atoms with van der Waals surface area (Å²) in [5, 5.41) is 0. The molecule has 156 valence electrons. The van der Waals surface area contributed by atoms with Gasteiger partial charge in [0.2, 0.25) is 0 Å². The first-order chi connectivity index (χ1) is 15.4. The molecule has 0 radical (unpaired) electrons. The average molecular weight is 624 g/mol. The SMILES string of the molecule is c1cc[c]([Sb]([CH2]COC[CH2][Sb]([c]2ccccc2)[c]2ccccc2)[c]2ccccc2)cc1. The third kappa shape index (κ3) is 6.73. The van der Waals surface area contributed by atoms with E-state index in [0.29, 0.717) is 0 Å². The Morgan fingerprint density at radius 2 is 0.645 bits per heavy atom. The van der Waals surface area contributed by atoms with E-state index in [0.717, 1.165) is 13.2 Å². The van der Waals surface area contributed by atoms with Crippen molar-refractivity contribution in [1.29, 1.82) is 0 Å². The zero-order valence-electron chi connectivity index (χ0n) is 17.7. The number of ether oxygens (including phenoxy) is 1. The summed E-state index contributed by atoms with van der Waals surface area (Å²) in [4.78, 5) is 0. The molecule has 0 amide bonds. The first-order valence-electron chi connectivity index (χ1n) is 10.7. The Morgan fingerprint density at radius 3 is 0.903 bits per heavy atom. The maximum absolute atomic E-state index is 6.27. The molecule has 1 nitrogen and oxygen atoms in total. The fourth-order valence-electron chi connectivity index (χ4n) is 3.66. The van der Waals surface area contributed by atoms with Crippen LogP contribution in [0.1, 0.15) is 0 Å². The predicted molar refractivity (Wildman–Crippen MR) is 136 cm³/mol. The van der Waals surface area contributed by atoms with Gasteiger partial charge in [-0.25, -0.2) is 0 Å². The number of hydrogen-bond donors (Lipinski definition) is 0. The third-order valence-corrected chi connectivity index (χ3v) is 19.3. The molecule has 0 N–H and O–H groups in total. The summed E-state index contributed by atoms with van der Waals surface area (Å²) in [6.45, 7) is 1.73. The van der Waals surface area contributed by atoms with Crippen molar-refractivity contribution < 1.29 is 4.74 Å². The zero-order valence-corrected chi connectivity index (χ0v) is 22.8. The molecule has 4 aromatic rings. The van der Waals surface area contributed by atoms with Gasteiger partial charge in [0.05, 0.1) is 0 Å². The Bertz CT molecular complexity index is 844. The van der Waals surface area contributed by atoms with Crippen molar-refractivity contribution in [2.75, 3.05) is 13.2 Å². The molecule has 0 heterocycles. The van der Waals surface area contributed by atoms with Crippen LogP contribution in [0.4, 0.5) is 0 Å². The van der Waals surface area contributed by atoms with Gasteiger partial charge in [0, 0.05) is 0 Å². The second-order valence-corrected chi connectivity index (χ2v) is 20.6. The van der Waals surface area contributed by atoms with Crippen molar-refractivity contribution in [3.8, 4) is 0 Å². The van der Waals surface area contributed by atoms with Crippen molar-refractivity contribution in [3.05, 3.63) is 121 Å². The van der Waals surface area contributed by atoms with Crippen molar-refractivity contribution in [1.82, 2.24) is 0 Å². The molecule has 3 heteroatoms. The topological polar surface area (TPSA) is 9.23 Å². The van der Waals surface area contributed by atoms with Gasteiger partial charge >= 0.3 is 202 Å². The molecule has 0 aliphatic heterocycles. The van der Waals surface area contributed by atoms with E-state index >= 15 is 0 Å². The molecule has 4 aromatic carbocycles. The van der Waals surface area contributed by atoms with Crippen molar-refractivity contribution in [3.63, 3.8) is 0 Å². The van der Waals surface area contributed by atoms with Crippen molar-refractivity contribution in [2.24, 2.45) is 0 Å². The Hall–Kier alpha value is -1.52. The van der Waals surface area contributed by atoms with Gasteiger partial charge in [0.25, 0.3) is 0 Å². The molecule has 31 heavy (non-hydrogen) atoms. The Kier molecular flexibility index (Phi) is 9.14. The molecule has 0 spiro atoms. The summed E-state index contributed by atoms with van der Waals surface area (Å²) < 4.78 is 14.8. The summed E-state index contributed by atoms with van der Waals surface area (Å²) in [5.74, 6) is 0. The second kappa shape index (κ2) is 12.5. The van der Waals surface area contributed by atoms with Crippen LogP contribution in [-0.2, 0) is 4.74 Å². The van der Waals surface area contributed by atoms with Gasteiger partial charge in [0.15, 0.2) is 0 Å². The van der Waals surface area contributed by atoms with Crippen LogP contribution in [0.15, 0.2) is 121 Å². The molecular formula is C28H28OSb2. The monoisotopic (exact) mass is 622 g/mol. The summed E-state index contributed by atoms with van der Waals surface area (Å²) in [5.41, 5.74) is 0. The van der Waals surface area contributed by atoms with Crippen LogP contribution in [0.25, 0.3) is 0 Å². The Morgan fingerprint density at radius 1 is 0.387 bits per heavy atom. The molecule has 0 unspecified atom stereocenters. The maximum atomic E-state index is 6.27. The summed E-state index contributed by atoms with van der Waals surface area (Å²) in [7, 11) is 0. The minimum atomic E-state index is -1.77. The van der Waals surface area contributed by atoms with E-state index in [9.17, 15) is 0 Å². The van der Waals surface area contributed by atoms with Gasteiger partial charge in [-0.05, 0) is 0 Å². The van der Waals surface area contributed by atoms with Gasteiger partial charge in [0.1, 0.15) is 0 Å². The second-order valence-electron chi connectivity index (χ2n) is 7.26. The Labute approximate surface area is 201 Å². The average Bonchev–Trinajstić information content (AvgIpc) is 2.86. The molecule has 0 saturated carbocycles. The van der Waals surface area contributed by atoms with E-state index in [-0.39, 0.29) is 0 Å². The summed E-state index contributed by atoms with van der Waals surface area (Å²) in [6, 6.07) is 44.3. The van der Waals surface area contributed by atoms with Crippen LogP contribution in [0.2, 0.25) is 8.73 Å². The minimum absolute atomic E-state index is 0.866. The molecule has 0 aromatic heterocycles. The predicted octanol–water partition coefficient (Wildman–Crippen LogP) is 3.62. The molecule has 0 bridgehead atoms. The van der Waals surface area contributed by atoms with Crippen LogP contribution in [-0.4, -0.2) is 53.6 Å². The van der Waals surface area contributed by atoms with Crippen LogP contribution in [0.3, 0.4) is 0 Å². The van der Waals surface area contributed by atoms with Gasteiger partial charge in [-0.15, -0.1) is 0 Å². The first-order valence-corrected chi connectivity index (χ1v) is 19.5. The van der Waals surface area contributed by atoms with Gasteiger partial charge in [-0.3, -0.25) is 0 Å². The molecule has 0 atom stereocenters. The molecule has 0 aliphatic carbocycles. The first kappa shape index (κ1) is 22.7. The van der Waals surface area contributed by atoms with Gasteiger partial charge in [-0.2, -0.15) is 0 Å². The van der Waals surface area contributed by atoms with Crippen LogP contribution in [0.5, 0.6) is 0 Å². The Balaban J connectivity index is 1.37. The van der Waals surface area contributed by atoms with Gasteiger partial charge in [-0.1, -0.05) is 0 Å². The van der Waals surface area contributed by atoms with Crippen molar-refractivity contribution in [2.45, 2.75) is 8.73 Å². The van der Waals surface area contributed by atoms with Crippen LogP contribution < -0.4 is 14.0 Å². The zero-order chi connectivity index (χ0) is 21.1. The van der Waals surface area contributed by atoms with E-state index in [2.05, 4.69) is 121 Å². The van der Waals surface area contributed by atoms with E-state index in [1.54, 1.807) is 14.0 Å². The molecular weight excluding hydrogens is 596 g/mol. The fourth-order valence-corrected chi connectivity index (χ4v) is 16.2. The number of rotatable bonds is 10. The summed E-state index contributed by atoms with van der Waals surface area (Å²) >= 11 is -3.53. The van der Waals surface area contributed by atoms with Gasteiger partial charge < -0.3 is 0 Å². The summed E-state index contributed by atoms with van der Waals surface area (Å²) in [6.07, 6.45) is 0. The normalized spacial score (nSPS) is 11.2. The quantitative estimate of drug-likeness (QED) is 0.194. The molecule has 4 rings (SSSR count). The van der Waals surface area contributed by atoms with E-state index in [1.807, 2.05) is 0 Å². The van der Waals surface area contributed by atoms with E-state index in [1.165, 1.54) is 8.73 Å².